The summed E-state index contributed by atoms with van der Waals surface area (Å²) in [4.78, 5) is 12.2. The van der Waals surface area contributed by atoms with Crippen LogP contribution in [0.3, 0.4) is 0 Å². The van der Waals surface area contributed by atoms with E-state index in [4.69, 9.17) is 12.8 Å². The Bertz CT molecular complexity index is 1120. The highest BCUT2D eigenvalue weighted by atomic mass is 16.6. The maximum Gasteiger partial charge on any atom is 0.269 e. The molecule has 0 aliphatic carbocycles. The standard InChI is InChI=1S/C24H16N2O2/c1-5-21(13-7-19-9-15-23(16-10-19)25(3)4)22(6-2)14-8-20-11-17-24(18-12-20)26(27)28/h1-2,9-12,15-18H,3-4H3/b22-21+. The molecule has 0 saturated heterocycles. The van der Waals surface area contributed by atoms with Gasteiger partial charge in [-0.05, 0) is 36.4 Å². The lowest BCUT2D eigenvalue weighted by molar-refractivity contribution is -0.384. The summed E-state index contributed by atoms with van der Waals surface area (Å²) in [6, 6.07) is 13.6. The average molecular weight is 364 g/mol. The van der Waals surface area contributed by atoms with Gasteiger partial charge in [-0.2, -0.15) is 0 Å². The topological polar surface area (TPSA) is 46.4 Å². The van der Waals surface area contributed by atoms with Gasteiger partial charge in [0.1, 0.15) is 0 Å². The Morgan fingerprint density at radius 2 is 1.29 bits per heavy atom. The van der Waals surface area contributed by atoms with Crippen molar-refractivity contribution in [1.29, 1.82) is 0 Å². The SMILES string of the molecule is C#C/C(C#Cc1ccc(N(C)C)cc1)=C(/C#C)C#Cc1ccc([N+](=O)[O-])cc1. The van der Waals surface area contributed by atoms with Crippen LogP contribution in [0.15, 0.2) is 59.7 Å². The molecule has 0 saturated carbocycles. The number of rotatable bonds is 2. The van der Waals surface area contributed by atoms with E-state index in [0.717, 1.165) is 11.3 Å². The Morgan fingerprint density at radius 1 is 0.857 bits per heavy atom. The summed E-state index contributed by atoms with van der Waals surface area (Å²) in [5.41, 5.74) is 3.05. The minimum Gasteiger partial charge on any atom is -0.378 e. The smallest absolute Gasteiger partial charge is 0.269 e. The lowest BCUT2D eigenvalue weighted by atomic mass is 10.1. The fraction of sp³-hybridized carbons (Fsp3) is 0.0833. The second-order valence-electron chi connectivity index (χ2n) is 5.78. The molecule has 4 nitrogen and oxygen atoms in total. The number of allylic oxidation sites excluding steroid dienone is 2. The van der Waals surface area contributed by atoms with Crippen molar-refractivity contribution < 1.29 is 4.92 Å². The second-order valence-corrected chi connectivity index (χ2v) is 5.78. The first kappa shape index (κ1) is 19.9. The molecule has 28 heavy (non-hydrogen) atoms. The van der Waals surface area contributed by atoms with E-state index >= 15 is 0 Å². The fourth-order valence-corrected chi connectivity index (χ4v) is 2.12. The summed E-state index contributed by atoms with van der Waals surface area (Å²) in [5, 5.41) is 10.7. The Hall–Kier alpha value is -4.38. The number of nitro benzene ring substituents is 1. The molecule has 2 rings (SSSR count). The molecule has 0 atom stereocenters. The lowest BCUT2D eigenvalue weighted by Gasteiger charge is -2.11. The molecule has 0 aliphatic heterocycles. The third kappa shape index (κ3) is 5.31. The van der Waals surface area contributed by atoms with Crippen molar-refractivity contribution in [2.75, 3.05) is 19.0 Å². The number of nitro groups is 1. The van der Waals surface area contributed by atoms with Gasteiger partial charge < -0.3 is 4.90 Å². The van der Waals surface area contributed by atoms with Gasteiger partial charge in [-0.15, -0.1) is 12.8 Å². The zero-order chi connectivity index (χ0) is 20.5. The largest absolute Gasteiger partial charge is 0.378 e. The summed E-state index contributed by atoms with van der Waals surface area (Å²) >= 11 is 0. The summed E-state index contributed by atoms with van der Waals surface area (Å²) in [6.45, 7) is 0. The molecule has 0 N–H and O–H groups in total. The van der Waals surface area contributed by atoms with Crippen molar-refractivity contribution in [2.24, 2.45) is 0 Å². The number of terminal acetylenes is 2. The van der Waals surface area contributed by atoms with Crippen molar-refractivity contribution >= 4 is 11.4 Å². The van der Waals surface area contributed by atoms with Crippen LogP contribution in [0.25, 0.3) is 0 Å². The molecule has 2 aromatic rings. The third-order valence-electron chi connectivity index (χ3n) is 3.66. The van der Waals surface area contributed by atoms with Crippen LogP contribution in [0, 0.1) is 58.5 Å². The number of non-ortho nitro benzene ring substituents is 1. The minimum atomic E-state index is -0.471. The Labute approximate surface area is 165 Å². The summed E-state index contributed by atoms with van der Waals surface area (Å²) < 4.78 is 0. The number of hydrogen-bond donors (Lipinski definition) is 0. The Kier molecular flexibility index (Phi) is 6.66. The van der Waals surface area contributed by atoms with Gasteiger partial charge in [-0.25, -0.2) is 0 Å². The molecule has 0 aromatic heterocycles. The van der Waals surface area contributed by atoms with Crippen LogP contribution >= 0.6 is 0 Å². The van der Waals surface area contributed by atoms with E-state index in [2.05, 4.69) is 35.5 Å². The maximum absolute atomic E-state index is 10.7. The highest BCUT2D eigenvalue weighted by Crippen LogP contribution is 2.13. The molecule has 134 valence electrons. The molecule has 0 fully saturated rings. The van der Waals surface area contributed by atoms with Gasteiger partial charge in [0, 0.05) is 43.0 Å². The van der Waals surface area contributed by atoms with Crippen LogP contribution in [-0.2, 0) is 0 Å². The van der Waals surface area contributed by atoms with Crippen LogP contribution in [0.5, 0.6) is 0 Å². The van der Waals surface area contributed by atoms with Gasteiger partial charge in [-0.1, -0.05) is 35.5 Å². The van der Waals surface area contributed by atoms with Gasteiger partial charge in [0.05, 0.1) is 16.1 Å². The number of anilines is 1. The van der Waals surface area contributed by atoms with E-state index in [9.17, 15) is 10.1 Å². The van der Waals surface area contributed by atoms with Crippen LogP contribution in [-0.4, -0.2) is 19.0 Å². The maximum atomic E-state index is 10.7. The predicted octanol–water partition coefficient (Wildman–Crippen LogP) is 3.63. The first-order valence-electron chi connectivity index (χ1n) is 8.18. The zero-order valence-corrected chi connectivity index (χ0v) is 15.5. The van der Waals surface area contributed by atoms with E-state index in [1.165, 1.54) is 12.1 Å². The van der Waals surface area contributed by atoms with Crippen LogP contribution < -0.4 is 4.90 Å². The van der Waals surface area contributed by atoms with Gasteiger partial charge >= 0.3 is 0 Å². The van der Waals surface area contributed by atoms with Gasteiger partial charge in [0.15, 0.2) is 0 Å². The van der Waals surface area contributed by atoms with Crippen molar-refractivity contribution in [1.82, 2.24) is 0 Å². The summed E-state index contributed by atoms with van der Waals surface area (Å²) in [5.74, 6) is 16.5. The van der Waals surface area contributed by atoms with Crippen LogP contribution in [0.4, 0.5) is 11.4 Å². The van der Waals surface area contributed by atoms with Gasteiger partial charge in [-0.3, -0.25) is 10.1 Å². The van der Waals surface area contributed by atoms with E-state index in [-0.39, 0.29) is 5.69 Å². The van der Waals surface area contributed by atoms with Crippen molar-refractivity contribution in [2.45, 2.75) is 0 Å². The van der Waals surface area contributed by atoms with Crippen molar-refractivity contribution in [3.63, 3.8) is 0 Å². The van der Waals surface area contributed by atoms with Gasteiger partial charge in [0.2, 0.25) is 0 Å². The average Bonchev–Trinajstić information content (AvgIpc) is 2.71. The predicted molar refractivity (Wildman–Crippen MR) is 112 cm³/mol. The zero-order valence-electron chi connectivity index (χ0n) is 15.5. The first-order valence-corrected chi connectivity index (χ1v) is 8.18. The molecule has 0 heterocycles. The quantitative estimate of drug-likeness (QED) is 0.464. The number of nitrogens with zero attached hydrogens (tertiary/aromatic N) is 2. The normalized spacial score (nSPS) is 10.0. The van der Waals surface area contributed by atoms with E-state index in [1.807, 2.05) is 43.3 Å². The van der Waals surface area contributed by atoms with E-state index in [0.29, 0.717) is 16.7 Å². The molecule has 2 aromatic carbocycles. The fourth-order valence-electron chi connectivity index (χ4n) is 2.12. The molecule has 0 radical (unpaired) electrons. The molecule has 0 aliphatic rings. The summed E-state index contributed by atoms with van der Waals surface area (Å²) in [6.07, 6.45) is 11.1. The monoisotopic (exact) mass is 364 g/mol. The Balaban J connectivity index is 2.30. The number of benzene rings is 2. The van der Waals surface area contributed by atoms with E-state index < -0.39 is 4.92 Å². The number of hydrogen-bond acceptors (Lipinski definition) is 3. The van der Waals surface area contributed by atoms with Crippen LogP contribution in [0.2, 0.25) is 0 Å². The highest BCUT2D eigenvalue weighted by molar-refractivity contribution is 5.62. The molecule has 0 amide bonds. The highest BCUT2D eigenvalue weighted by Gasteiger charge is 2.02. The Morgan fingerprint density at radius 3 is 1.64 bits per heavy atom. The molecule has 0 spiro atoms. The molecule has 0 unspecified atom stereocenters. The lowest BCUT2D eigenvalue weighted by Crippen LogP contribution is -2.07. The second kappa shape index (κ2) is 9.35. The van der Waals surface area contributed by atoms with Gasteiger partial charge in [0.25, 0.3) is 5.69 Å². The van der Waals surface area contributed by atoms with Crippen molar-refractivity contribution in [3.8, 4) is 48.4 Å². The minimum absolute atomic E-state index is 0.00580. The molecular weight excluding hydrogens is 348 g/mol. The first-order chi connectivity index (χ1) is 13.4. The van der Waals surface area contributed by atoms with Crippen LogP contribution in [0.1, 0.15) is 11.1 Å². The van der Waals surface area contributed by atoms with Crippen molar-refractivity contribution in [3.05, 3.63) is 80.9 Å². The molecule has 0 bridgehead atoms. The summed E-state index contributed by atoms with van der Waals surface area (Å²) in [7, 11) is 3.92. The molecular formula is C24H16N2O2. The third-order valence-corrected chi connectivity index (χ3v) is 3.66. The van der Waals surface area contributed by atoms with E-state index in [1.54, 1.807) is 12.1 Å². The molecule has 4 heteroatoms.